The Morgan fingerprint density at radius 3 is 2.21 bits per heavy atom. The van der Waals surface area contributed by atoms with Gasteiger partial charge in [0, 0.05) is 5.56 Å². The van der Waals surface area contributed by atoms with Crippen molar-refractivity contribution in [2.75, 3.05) is 0 Å². The molecule has 4 heteroatoms. The fourth-order valence-corrected chi connectivity index (χ4v) is 2.89. The molecule has 0 unspecified atom stereocenters. The topological polar surface area (TPSA) is 63.5 Å². The van der Waals surface area contributed by atoms with Gasteiger partial charge in [-0.15, -0.1) is 0 Å². The highest BCUT2D eigenvalue weighted by atomic mass is 16.3. The number of nitrogens with one attached hydrogen (secondary N) is 1. The number of hydrazine groups is 1. The second kappa shape index (κ2) is 6.24. The summed E-state index contributed by atoms with van der Waals surface area (Å²) in [7, 11) is 0. The highest BCUT2D eigenvalue weighted by Crippen LogP contribution is 2.24. The van der Waals surface area contributed by atoms with E-state index in [2.05, 4.69) is 12.3 Å². The zero-order chi connectivity index (χ0) is 13.8. The Hall–Kier alpha value is -1.29. The number of hydrogen-bond acceptors (Lipinski definition) is 3. The van der Waals surface area contributed by atoms with Gasteiger partial charge in [-0.2, -0.15) is 0 Å². The Balaban J connectivity index is 2.27. The Morgan fingerprint density at radius 1 is 1.11 bits per heavy atom. The van der Waals surface area contributed by atoms with Crippen LogP contribution in [0.1, 0.15) is 61.2 Å². The van der Waals surface area contributed by atoms with E-state index >= 15 is 0 Å². The number of amidine groups is 1. The van der Waals surface area contributed by atoms with Crippen LogP contribution < -0.4 is 11.3 Å². The average Bonchev–Trinajstić information content (AvgIpc) is 2.61. The van der Waals surface area contributed by atoms with Gasteiger partial charge in [0.15, 0.2) is 0 Å². The third-order valence-corrected chi connectivity index (χ3v) is 4.07. The van der Waals surface area contributed by atoms with Crippen molar-refractivity contribution in [1.82, 2.24) is 5.43 Å². The zero-order valence-corrected chi connectivity index (χ0v) is 12.3. The summed E-state index contributed by atoms with van der Waals surface area (Å²) in [5, 5.41) is 0. The Kier molecular flexibility index (Phi) is 4.64. The van der Waals surface area contributed by atoms with Crippen LogP contribution in [0.25, 0.3) is 0 Å². The van der Waals surface area contributed by atoms with Crippen molar-refractivity contribution in [3.8, 4) is 0 Å². The molecule has 0 bridgehead atoms. The molecule has 4 nitrogen and oxygen atoms in total. The predicted octanol–water partition coefficient (Wildman–Crippen LogP) is 3.14. The number of rotatable bonds is 2. The minimum absolute atomic E-state index is 0.391. The molecular weight excluding hydrogens is 238 g/mol. The molecule has 2 rings (SSSR count). The molecule has 0 spiro atoms. The van der Waals surface area contributed by atoms with E-state index in [1.54, 1.807) is 0 Å². The van der Waals surface area contributed by atoms with E-state index in [1.165, 1.54) is 38.5 Å². The van der Waals surface area contributed by atoms with Gasteiger partial charge in [-0.1, -0.05) is 25.7 Å². The SMILES string of the molecule is Cc1oc(C)c(C(=NC2CCCCCC2)NN)c1C. The summed E-state index contributed by atoms with van der Waals surface area (Å²) < 4.78 is 5.67. The Morgan fingerprint density at radius 2 is 1.74 bits per heavy atom. The van der Waals surface area contributed by atoms with E-state index < -0.39 is 0 Å². The number of nitrogens with two attached hydrogens (primary N) is 1. The summed E-state index contributed by atoms with van der Waals surface area (Å²) in [5.41, 5.74) is 4.93. The van der Waals surface area contributed by atoms with Crippen LogP contribution in [0.3, 0.4) is 0 Å². The lowest BCUT2D eigenvalue weighted by Crippen LogP contribution is -2.33. The lowest BCUT2D eigenvalue weighted by Gasteiger charge is -2.13. The van der Waals surface area contributed by atoms with Crippen LogP contribution in [0.5, 0.6) is 0 Å². The van der Waals surface area contributed by atoms with Gasteiger partial charge in [0.2, 0.25) is 0 Å². The van der Waals surface area contributed by atoms with Gasteiger partial charge in [0.25, 0.3) is 0 Å². The van der Waals surface area contributed by atoms with Crippen LogP contribution in [-0.2, 0) is 0 Å². The molecule has 0 aliphatic heterocycles. The predicted molar refractivity (Wildman–Crippen MR) is 78.3 cm³/mol. The first-order valence-corrected chi connectivity index (χ1v) is 7.25. The number of hydrogen-bond donors (Lipinski definition) is 2. The van der Waals surface area contributed by atoms with Crippen molar-refractivity contribution < 1.29 is 4.42 Å². The molecule has 106 valence electrons. The fourth-order valence-electron chi connectivity index (χ4n) is 2.89. The van der Waals surface area contributed by atoms with Crippen molar-refractivity contribution in [3.63, 3.8) is 0 Å². The lowest BCUT2D eigenvalue weighted by molar-refractivity contribution is 0.502. The largest absolute Gasteiger partial charge is 0.466 e. The summed E-state index contributed by atoms with van der Waals surface area (Å²) >= 11 is 0. The summed E-state index contributed by atoms with van der Waals surface area (Å²) in [4.78, 5) is 4.84. The monoisotopic (exact) mass is 263 g/mol. The van der Waals surface area contributed by atoms with E-state index in [0.717, 1.165) is 28.5 Å². The normalized spacial score (nSPS) is 18.4. The molecule has 0 aromatic carbocycles. The van der Waals surface area contributed by atoms with Crippen molar-refractivity contribution in [2.24, 2.45) is 10.8 Å². The maximum absolute atomic E-state index is 5.69. The molecule has 0 amide bonds. The van der Waals surface area contributed by atoms with Crippen LogP contribution in [0.15, 0.2) is 9.41 Å². The molecular formula is C15H25N3O. The van der Waals surface area contributed by atoms with Crippen molar-refractivity contribution in [3.05, 3.63) is 22.6 Å². The highest BCUT2D eigenvalue weighted by Gasteiger charge is 2.18. The smallest absolute Gasteiger partial charge is 0.146 e. The molecule has 1 aliphatic rings. The highest BCUT2D eigenvalue weighted by molar-refractivity contribution is 6.00. The number of aliphatic imine (C=N–C) groups is 1. The van der Waals surface area contributed by atoms with Gasteiger partial charge in [-0.3, -0.25) is 4.99 Å². The third kappa shape index (κ3) is 3.18. The van der Waals surface area contributed by atoms with Gasteiger partial charge >= 0.3 is 0 Å². The van der Waals surface area contributed by atoms with Gasteiger partial charge in [-0.05, 0) is 33.6 Å². The van der Waals surface area contributed by atoms with E-state index in [-0.39, 0.29) is 0 Å². The molecule has 1 aromatic heterocycles. The van der Waals surface area contributed by atoms with Crippen molar-refractivity contribution >= 4 is 5.84 Å². The molecule has 0 saturated heterocycles. The molecule has 1 aliphatic carbocycles. The quantitative estimate of drug-likeness (QED) is 0.283. The van der Waals surface area contributed by atoms with Gasteiger partial charge in [0.1, 0.15) is 17.4 Å². The molecule has 0 atom stereocenters. The first kappa shape index (κ1) is 14.1. The van der Waals surface area contributed by atoms with Crippen LogP contribution >= 0.6 is 0 Å². The number of nitrogens with zero attached hydrogens (tertiary/aromatic N) is 1. The standard InChI is InChI=1S/C15H25N3O/c1-10-11(2)19-12(3)14(10)15(18-16)17-13-8-6-4-5-7-9-13/h13H,4-9,16H2,1-3H3,(H,17,18). The third-order valence-electron chi connectivity index (χ3n) is 4.07. The van der Waals surface area contributed by atoms with Crippen LogP contribution in [0.4, 0.5) is 0 Å². The average molecular weight is 263 g/mol. The summed E-state index contributed by atoms with van der Waals surface area (Å²) in [6, 6.07) is 0.391. The minimum Gasteiger partial charge on any atom is -0.466 e. The summed E-state index contributed by atoms with van der Waals surface area (Å²) in [6.45, 7) is 6.00. The van der Waals surface area contributed by atoms with Crippen LogP contribution in [0.2, 0.25) is 0 Å². The summed E-state index contributed by atoms with van der Waals surface area (Å²) in [6.07, 6.45) is 7.55. The zero-order valence-electron chi connectivity index (χ0n) is 12.3. The maximum Gasteiger partial charge on any atom is 0.146 e. The first-order valence-electron chi connectivity index (χ1n) is 7.25. The molecule has 3 N–H and O–H groups in total. The minimum atomic E-state index is 0.391. The fraction of sp³-hybridized carbons (Fsp3) is 0.667. The van der Waals surface area contributed by atoms with E-state index in [0.29, 0.717) is 6.04 Å². The second-order valence-electron chi connectivity index (χ2n) is 5.48. The van der Waals surface area contributed by atoms with Gasteiger partial charge in [-0.25, -0.2) is 5.84 Å². The lowest BCUT2D eigenvalue weighted by atomic mass is 10.1. The van der Waals surface area contributed by atoms with Crippen LogP contribution in [0, 0.1) is 20.8 Å². The maximum atomic E-state index is 5.69. The van der Waals surface area contributed by atoms with E-state index in [1.807, 2.05) is 13.8 Å². The number of furan rings is 1. The van der Waals surface area contributed by atoms with E-state index in [9.17, 15) is 0 Å². The first-order chi connectivity index (χ1) is 9.13. The van der Waals surface area contributed by atoms with Crippen LogP contribution in [-0.4, -0.2) is 11.9 Å². The summed E-state index contributed by atoms with van der Waals surface area (Å²) in [5.74, 6) is 8.29. The molecule has 0 radical (unpaired) electrons. The van der Waals surface area contributed by atoms with E-state index in [4.69, 9.17) is 15.3 Å². The Labute approximate surface area is 115 Å². The van der Waals surface area contributed by atoms with Gasteiger partial charge in [0.05, 0.1) is 11.6 Å². The van der Waals surface area contributed by atoms with Crippen molar-refractivity contribution in [1.29, 1.82) is 0 Å². The molecule has 1 aromatic rings. The Bertz CT molecular complexity index is 454. The molecule has 19 heavy (non-hydrogen) atoms. The van der Waals surface area contributed by atoms with Crippen molar-refractivity contribution in [2.45, 2.75) is 65.3 Å². The second-order valence-corrected chi connectivity index (χ2v) is 5.48. The number of aryl methyl sites for hydroxylation is 2. The molecule has 1 saturated carbocycles. The molecule has 1 fully saturated rings. The molecule has 1 heterocycles. The van der Waals surface area contributed by atoms with Gasteiger partial charge < -0.3 is 9.84 Å².